The van der Waals surface area contributed by atoms with Gasteiger partial charge in [-0.2, -0.15) is 0 Å². The molecule has 0 bridgehead atoms. The monoisotopic (exact) mass is 272 g/mol. The maximum absolute atomic E-state index is 11.8. The second-order valence-corrected chi connectivity index (χ2v) is 5.64. The number of hydrogen-bond donors (Lipinski definition) is 1. The van der Waals surface area contributed by atoms with Crippen molar-refractivity contribution in [2.75, 3.05) is 19.6 Å². The molecule has 0 spiro atoms. The van der Waals surface area contributed by atoms with E-state index in [1.165, 1.54) is 18.4 Å². The van der Waals surface area contributed by atoms with E-state index in [1.807, 2.05) is 19.9 Å². The molecule has 1 aromatic carbocycles. The first-order valence-electron chi connectivity index (χ1n) is 7.38. The molecule has 1 amide bonds. The summed E-state index contributed by atoms with van der Waals surface area (Å²) in [5.41, 5.74) is 2.31. The van der Waals surface area contributed by atoms with Crippen LogP contribution in [0.25, 0.3) is 0 Å². The van der Waals surface area contributed by atoms with Gasteiger partial charge >= 0.3 is 0 Å². The molecule has 3 nitrogen and oxygen atoms in total. The molecule has 108 valence electrons. The van der Waals surface area contributed by atoms with Crippen LogP contribution >= 0.6 is 0 Å². The van der Waals surface area contributed by atoms with Gasteiger partial charge in [0.1, 0.15) is 0 Å². The smallest absolute Gasteiger partial charge is 0.243 e. The summed E-state index contributed by atoms with van der Waals surface area (Å²) >= 11 is 0. The van der Waals surface area contributed by atoms with Gasteiger partial charge in [-0.3, -0.25) is 9.69 Å². The third-order valence-corrected chi connectivity index (χ3v) is 3.66. The highest BCUT2D eigenvalue weighted by molar-refractivity contribution is 5.88. The first kappa shape index (κ1) is 14.8. The third-order valence-electron chi connectivity index (χ3n) is 3.66. The summed E-state index contributed by atoms with van der Waals surface area (Å²) in [6.45, 7) is 6.80. The standard InChI is InChI=1S/C17H24N2O/c1-14(2)12-17(20)18-13-16(19-10-6-7-11-19)15-8-4-3-5-9-15/h3-5,8-9,12,16H,6-7,10-11,13H2,1-2H3,(H,18,20). The van der Waals surface area contributed by atoms with Crippen LogP contribution < -0.4 is 5.32 Å². The van der Waals surface area contributed by atoms with Crippen LogP contribution in [0.3, 0.4) is 0 Å². The molecular formula is C17H24N2O. The minimum Gasteiger partial charge on any atom is -0.351 e. The van der Waals surface area contributed by atoms with Gasteiger partial charge in [-0.25, -0.2) is 0 Å². The van der Waals surface area contributed by atoms with Gasteiger partial charge in [0, 0.05) is 12.6 Å². The van der Waals surface area contributed by atoms with E-state index in [0.717, 1.165) is 18.7 Å². The van der Waals surface area contributed by atoms with E-state index < -0.39 is 0 Å². The maximum Gasteiger partial charge on any atom is 0.243 e. The molecule has 1 unspecified atom stereocenters. The molecule has 0 aliphatic carbocycles. The van der Waals surface area contributed by atoms with Gasteiger partial charge in [-0.1, -0.05) is 35.9 Å². The molecule has 1 saturated heterocycles. The van der Waals surface area contributed by atoms with Gasteiger partial charge in [0.05, 0.1) is 6.04 Å². The Morgan fingerprint density at radius 1 is 1.25 bits per heavy atom. The summed E-state index contributed by atoms with van der Waals surface area (Å²) < 4.78 is 0. The van der Waals surface area contributed by atoms with Gasteiger partial charge in [-0.15, -0.1) is 0 Å². The number of carbonyl (C=O) groups is 1. The van der Waals surface area contributed by atoms with Crippen LogP contribution in [0, 0.1) is 0 Å². The lowest BCUT2D eigenvalue weighted by Crippen LogP contribution is -2.36. The van der Waals surface area contributed by atoms with Crippen LogP contribution in [0.15, 0.2) is 42.0 Å². The zero-order valence-corrected chi connectivity index (χ0v) is 12.4. The average Bonchev–Trinajstić information content (AvgIpc) is 2.93. The fraction of sp³-hybridized carbons (Fsp3) is 0.471. The van der Waals surface area contributed by atoms with Crippen LogP contribution in [-0.2, 0) is 4.79 Å². The summed E-state index contributed by atoms with van der Waals surface area (Å²) in [5.74, 6) is 0.00475. The van der Waals surface area contributed by atoms with Crippen molar-refractivity contribution in [1.29, 1.82) is 0 Å². The zero-order valence-electron chi connectivity index (χ0n) is 12.4. The Morgan fingerprint density at radius 3 is 2.50 bits per heavy atom. The predicted octanol–water partition coefficient (Wildman–Crippen LogP) is 2.91. The number of rotatable bonds is 5. The van der Waals surface area contributed by atoms with Crippen molar-refractivity contribution in [2.24, 2.45) is 0 Å². The molecular weight excluding hydrogens is 248 g/mol. The number of nitrogens with zero attached hydrogens (tertiary/aromatic N) is 1. The highest BCUT2D eigenvalue weighted by Gasteiger charge is 2.23. The zero-order chi connectivity index (χ0) is 14.4. The van der Waals surface area contributed by atoms with E-state index in [1.54, 1.807) is 6.08 Å². The fourth-order valence-electron chi connectivity index (χ4n) is 2.70. The summed E-state index contributed by atoms with van der Waals surface area (Å²) in [5, 5.41) is 3.03. The van der Waals surface area contributed by atoms with Crippen LogP contribution in [0.1, 0.15) is 38.3 Å². The number of amides is 1. The molecule has 2 rings (SSSR count). The van der Waals surface area contributed by atoms with Crippen LogP contribution in [0.4, 0.5) is 0 Å². The maximum atomic E-state index is 11.8. The first-order chi connectivity index (χ1) is 9.66. The third kappa shape index (κ3) is 4.20. The Balaban J connectivity index is 2.04. The molecule has 20 heavy (non-hydrogen) atoms. The summed E-state index contributed by atoms with van der Waals surface area (Å²) in [6, 6.07) is 10.7. The van der Waals surface area contributed by atoms with Crippen molar-refractivity contribution in [3.63, 3.8) is 0 Å². The molecule has 3 heteroatoms. The van der Waals surface area contributed by atoms with Crippen LogP contribution in [0.2, 0.25) is 0 Å². The van der Waals surface area contributed by atoms with Crippen molar-refractivity contribution in [3.05, 3.63) is 47.5 Å². The number of allylic oxidation sites excluding steroid dienone is 1. The van der Waals surface area contributed by atoms with Crippen molar-refractivity contribution in [3.8, 4) is 0 Å². The van der Waals surface area contributed by atoms with Crippen LogP contribution in [0.5, 0.6) is 0 Å². The van der Waals surface area contributed by atoms with Crippen molar-refractivity contribution in [1.82, 2.24) is 10.2 Å². The van der Waals surface area contributed by atoms with Crippen molar-refractivity contribution < 1.29 is 4.79 Å². The largest absolute Gasteiger partial charge is 0.351 e. The molecule has 0 aromatic heterocycles. The topological polar surface area (TPSA) is 32.3 Å². The molecule has 0 saturated carbocycles. The van der Waals surface area contributed by atoms with E-state index >= 15 is 0 Å². The number of hydrogen-bond acceptors (Lipinski definition) is 2. The van der Waals surface area contributed by atoms with E-state index in [9.17, 15) is 4.79 Å². The lowest BCUT2D eigenvalue weighted by Gasteiger charge is -2.28. The molecule has 1 N–H and O–H groups in total. The molecule has 1 atom stereocenters. The molecule has 1 aliphatic heterocycles. The predicted molar refractivity (Wildman–Crippen MR) is 82.4 cm³/mol. The number of likely N-dealkylation sites (tertiary alicyclic amines) is 1. The number of benzene rings is 1. The minimum absolute atomic E-state index is 0.00475. The Kier molecular flexibility index (Phi) is 5.36. The lowest BCUT2D eigenvalue weighted by molar-refractivity contribution is -0.116. The van der Waals surface area contributed by atoms with Crippen molar-refractivity contribution >= 4 is 5.91 Å². The number of carbonyl (C=O) groups excluding carboxylic acids is 1. The second-order valence-electron chi connectivity index (χ2n) is 5.64. The Labute approximate surface area is 121 Å². The van der Waals surface area contributed by atoms with Gasteiger partial charge in [-0.05, 0) is 45.3 Å². The van der Waals surface area contributed by atoms with E-state index in [2.05, 4.69) is 34.5 Å². The Morgan fingerprint density at radius 2 is 1.90 bits per heavy atom. The van der Waals surface area contributed by atoms with Gasteiger partial charge in [0.2, 0.25) is 5.91 Å². The van der Waals surface area contributed by atoms with Gasteiger partial charge < -0.3 is 5.32 Å². The molecule has 1 fully saturated rings. The van der Waals surface area contributed by atoms with E-state index in [-0.39, 0.29) is 11.9 Å². The highest BCUT2D eigenvalue weighted by atomic mass is 16.1. The SMILES string of the molecule is CC(C)=CC(=O)NCC(c1ccccc1)N1CCCC1. The van der Waals surface area contributed by atoms with Crippen molar-refractivity contribution in [2.45, 2.75) is 32.7 Å². The molecule has 1 heterocycles. The fourth-order valence-corrected chi connectivity index (χ4v) is 2.70. The molecule has 0 radical (unpaired) electrons. The Hall–Kier alpha value is -1.61. The molecule has 1 aliphatic rings. The van der Waals surface area contributed by atoms with E-state index in [0.29, 0.717) is 6.54 Å². The summed E-state index contributed by atoms with van der Waals surface area (Å²) in [7, 11) is 0. The number of nitrogens with one attached hydrogen (secondary N) is 1. The van der Waals surface area contributed by atoms with E-state index in [4.69, 9.17) is 0 Å². The normalized spacial score (nSPS) is 16.7. The summed E-state index contributed by atoms with van der Waals surface area (Å²) in [4.78, 5) is 14.3. The Bertz CT molecular complexity index is 457. The first-order valence-corrected chi connectivity index (χ1v) is 7.38. The second kappa shape index (κ2) is 7.25. The van der Waals surface area contributed by atoms with Gasteiger partial charge in [0.15, 0.2) is 0 Å². The summed E-state index contributed by atoms with van der Waals surface area (Å²) in [6.07, 6.45) is 4.17. The van der Waals surface area contributed by atoms with Gasteiger partial charge in [0.25, 0.3) is 0 Å². The quantitative estimate of drug-likeness (QED) is 0.836. The highest BCUT2D eigenvalue weighted by Crippen LogP contribution is 2.24. The van der Waals surface area contributed by atoms with Crippen LogP contribution in [-0.4, -0.2) is 30.4 Å². The molecule has 1 aromatic rings. The minimum atomic E-state index is 0.00475. The average molecular weight is 272 g/mol. The lowest BCUT2D eigenvalue weighted by atomic mass is 10.1.